The molecular weight excluding hydrogens is 144 g/mol. The van der Waals surface area contributed by atoms with Crippen LogP contribution in [0.2, 0.25) is 0 Å². The highest BCUT2D eigenvalue weighted by Gasteiger charge is 2.44. The van der Waals surface area contributed by atoms with Crippen molar-refractivity contribution in [1.29, 1.82) is 0 Å². The molecule has 0 spiro atoms. The maximum Gasteiger partial charge on any atom is 0.309 e. The Morgan fingerprint density at radius 2 is 2.27 bits per heavy atom. The first kappa shape index (κ1) is 8.24. The van der Waals surface area contributed by atoms with Crippen molar-refractivity contribution < 1.29 is 14.7 Å². The lowest BCUT2D eigenvalue weighted by atomic mass is 9.88. The summed E-state index contributed by atoms with van der Waals surface area (Å²) in [6.07, 6.45) is 0.685. The molecule has 0 aromatic rings. The smallest absolute Gasteiger partial charge is 0.309 e. The number of aliphatic carboxylic acids is 1. The van der Waals surface area contributed by atoms with Gasteiger partial charge >= 0.3 is 5.97 Å². The molecule has 0 heterocycles. The van der Waals surface area contributed by atoms with E-state index in [1.165, 1.54) is 0 Å². The van der Waals surface area contributed by atoms with Gasteiger partial charge in [0.25, 0.3) is 0 Å². The van der Waals surface area contributed by atoms with Gasteiger partial charge in [-0.1, -0.05) is 6.92 Å². The van der Waals surface area contributed by atoms with Crippen LogP contribution >= 0.6 is 0 Å². The van der Waals surface area contributed by atoms with Crippen LogP contribution in [0.25, 0.3) is 0 Å². The Kier molecular flexibility index (Phi) is 1.74. The Hall–Kier alpha value is -0.860. The zero-order valence-corrected chi connectivity index (χ0v) is 6.76. The molecule has 0 aromatic heterocycles. The molecule has 11 heavy (non-hydrogen) atoms. The normalized spacial score (nSPS) is 37.6. The van der Waals surface area contributed by atoms with Crippen molar-refractivity contribution in [2.45, 2.75) is 26.7 Å². The molecule has 3 nitrogen and oxygen atoms in total. The number of ketones is 1. The Bertz CT molecular complexity index is 207. The van der Waals surface area contributed by atoms with Crippen LogP contribution in [0, 0.1) is 11.3 Å². The van der Waals surface area contributed by atoms with Crippen LogP contribution in [0.3, 0.4) is 0 Å². The van der Waals surface area contributed by atoms with Crippen molar-refractivity contribution in [3.05, 3.63) is 0 Å². The molecule has 0 aromatic carbocycles. The lowest BCUT2D eigenvalue weighted by molar-refractivity contribution is -0.148. The highest BCUT2D eigenvalue weighted by atomic mass is 16.4. The second-order valence-corrected chi connectivity index (χ2v) is 3.61. The maximum atomic E-state index is 11.0. The predicted octanol–water partition coefficient (Wildman–Crippen LogP) is 1.08. The van der Waals surface area contributed by atoms with Crippen molar-refractivity contribution in [2.75, 3.05) is 0 Å². The van der Waals surface area contributed by atoms with Crippen molar-refractivity contribution in [3.63, 3.8) is 0 Å². The summed E-state index contributed by atoms with van der Waals surface area (Å²) in [5.74, 6) is -0.846. The van der Waals surface area contributed by atoms with Crippen LogP contribution in [0.4, 0.5) is 0 Å². The van der Waals surface area contributed by atoms with Crippen LogP contribution in [0.15, 0.2) is 0 Å². The van der Waals surface area contributed by atoms with Gasteiger partial charge in [-0.05, 0) is 13.3 Å². The fourth-order valence-electron chi connectivity index (χ4n) is 1.58. The zero-order valence-electron chi connectivity index (χ0n) is 6.76. The fraction of sp³-hybridized carbons (Fsp3) is 0.750. The molecule has 1 saturated carbocycles. The van der Waals surface area contributed by atoms with Crippen LogP contribution in [-0.2, 0) is 9.59 Å². The minimum Gasteiger partial charge on any atom is -0.481 e. The molecule has 0 unspecified atom stereocenters. The van der Waals surface area contributed by atoms with E-state index < -0.39 is 11.4 Å². The number of rotatable bonds is 1. The average molecular weight is 156 g/mol. The summed E-state index contributed by atoms with van der Waals surface area (Å²) < 4.78 is 0. The number of Topliss-reactive ketones (excluding diaryl/α,β-unsaturated/α-hetero) is 1. The summed E-state index contributed by atoms with van der Waals surface area (Å²) in [6, 6.07) is 0. The van der Waals surface area contributed by atoms with Gasteiger partial charge in [0.1, 0.15) is 5.78 Å². The molecule has 1 N–H and O–H groups in total. The van der Waals surface area contributed by atoms with Gasteiger partial charge in [0.05, 0.1) is 5.41 Å². The standard InChI is InChI=1S/C8H12O3/c1-5-3-8(2,7(10)11)4-6(5)9/h5H,3-4H2,1-2H3,(H,10,11)/t5-,8+/m0/s1. The summed E-state index contributed by atoms with van der Waals surface area (Å²) in [7, 11) is 0. The van der Waals surface area contributed by atoms with E-state index in [0.717, 1.165) is 0 Å². The number of carbonyl (C=O) groups excluding carboxylic acids is 1. The van der Waals surface area contributed by atoms with E-state index in [9.17, 15) is 9.59 Å². The monoisotopic (exact) mass is 156 g/mol. The fourth-order valence-corrected chi connectivity index (χ4v) is 1.58. The van der Waals surface area contributed by atoms with E-state index >= 15 is 0 Å². The molecule has 0 saturated heterocycles. The summed E-state index contributed by atoms with van der Waals surface area (Å²) in [5.41, 5.74) is -0.795. The van der Waals surface area contributed by atoms with Crippen molar-refractivity contribution in [1.82, 2.24) is 0 Å². The third-order valence-electron chi connectivity index (χ3n) is 2.39. The van der Waals surface area contributed by atoms with Gasteiger partial charge in [-0.2, -0.15) is 0 Å². The van der Waals surface area contributed by atoms with Gasteiger partial charge in [0, 0.05) is 12.3 Å². The molecule has 0 aliphatic heterocycles. The topological polar surface area (TPSA) is 54.4 Å². The van der Waals surface area contributed by atoms with Crippen molar-refractivity contribution >= 4 is 11.8 Å². The van der Waals surface area contributed by atoms with E-state index in [4.69, 9.17) is 5.11 Å². The molecule has 1 aliphatic carbocycles. The molecule has 1 rings (SSSR count). The Morgan fingerprint density at radius 3 is 2.45 bits per heavy atom. The van der Waals surface area contributed by atoms with Crippen LogP contribution in [0.5, 0.6) is 0 Å². The summed E-state index contributed by atoms with van der Waals surface area (Å²) in [6.45, 7) is 3.42. The maximum absolute atomic E-state index is 11.0. The predicted molar refractivity (Wildman–Crippen MR) is 39.1 cm³/mol. The van der Waals surface area contributed by atoms with Crippen LogP contribution < -0.4 is 0 Å². The lowest BCUT2D eigenvalue weighted by Crippen LogP contribution is -2.24. The van der Waals surface area contributed by atoms with Gasteiger partial charge in [-0.15, -0.1) is 0 Å². The molecular formula is C8H12O3. The highest BCUT2D eigenvalue weighted by Crippen LogP contribution is 2.38. The lowest BCUT2D eigenvalue weighted by Gasteiger charge is -2.15. The van der Waals surface area contributed by atoms with E-state index in [0.29, 0.717) is 6.42 Å². The minimum atomic E-state index is -0.852. The number of hydrogen-bond donors (Lipinski definition) is 1. The molecule has 0 radical (unpaired) electrons. The SMILES string of the molecule is C[C@H]1C[C@@](C)(C(=O)O)CC1=O. The molecule has 1 fully saturated rings. The summed E-state index contributed by atoms with van der Waals surface area (Å²) >= 11 is 0. The first-order chi connectivity index (χ1) is 4.96. The first-order valence-corrected chi connectivity index (χ1v) is 3.72. The van der Waals surface area contributed by atoms with Gasteiger partial charge in [0.15, 0.2) is 0 Å². The third-order valence-corrected chi connectivity index (χ3v) is 2.39. The van der Waals surface area contributed by atoms with E-state index in [-0.39, 0.29) is 18.1 Å². The van der Waals surface area contributed by atoms with Crippen molar-refractivity contribution in [3.8, 4) is 0 Å². The molecule has 2 atom stereocenters. The van der Waals surface area contributed by atoms with Gasteiger partial charge in [-0.25, -0.2) is 0 Å². The number of carboxylic acids is 1. The molecule has 1 aliphatic rings. The molecule has 62 valence electrons. The zero-order chi connectivity index (χ0) is 8.65. The van der Waals surface area contributed by atoms with Gasteiger partial charge < -0.3 is 5.11 Å². The van der Waals surface area contributed by atoms with E-state index in [2.05, 4.69) is 0 Å². The minimum absolute atomic E-state index is 0.0731. The van der Waals surface area contributed by atoms with Gasteiger partial charge in [-0.3, -0.25) is 9.59 Å². The molecule has 0 amide bonds. The largest absolute Gasteiger partial charge is 0.481 e. The van der Waals surface area contributed by atoms with E-state index in [1.54, 1.807) is 13.8 Å². The number of carbonyl (C=O) groups is 2. The number of hydrogen-bond acceptors (Lipinski definition) is 2. The summed E-state index contributed by atoms with van der Waals surface area (Å²) in [5, 5.41) is 8.76. The molecule has 0 bridgehead atoms. The second kappa shape index (κ2) is 2.32. The van der Waals surface area contributed by atoms with Crippen LogP contribution in [0.1, 0.15) is 26.7 Å². The van der Waals surface area contributed by atoms with E-state index in [1.807, 2.05) is 0 Å². The first-order valence-electron chi connectivity index (χ1n) is 3.72. The van der Waals surface area contributed by atoms with Crippen molar-refractivity contribution in [2.24, 2.45) is 11.3 Å². The summed E-state index contributed by atoms with van der Waals surface area (Å²) in [4.78, 5) is 21.7. The van der Waals surface area contributed by atoms with Gasteiger partial charge in [0.2, 0.25) is 0 Å². The second-order valence-electron chi connectivity index (χ2n) is 3.61. The Labute approximate surface area is 65.4 Å². The Morgan fingerprint density at radius 1 is 1.73 bits per heavy atom. The third kappa shape index (κ3) is 1.27. The average Bonchev–Trinajstić information content (AvgIpc) is 2.09. The number of carboxylic acid groups (broad SMARTS) is 1. The quantitative estimate of drug-likeness (QED) is 0.618. The molecule has 3 heteroatoms. The Balaban J connectivity index is 2.79. The van der Waals surface area contributed by atoms with Crippen LogP contribution in [-0.4, -0.2) is 16.9 Å². The highest BCUT2D eigenvalue weighted by molar-refractivity contribution is 5.91.